The molecule has 13 nitrogen and oxygen atoms in total. The molecule has 4 aromatic carbocycles. The number of fused-ring (bicyclic) bond motifs is 10. The molecule has 326 valence electrons. The Labute approximate surface area is 422 Å². The molecule has 15 rings (SSSR count). The van der Waals surface area contributed by atoms with Crippen LogP contribution in [-0.4, -0.2) is 42.5 Å². The van der Waals surface area contributed by atoms with Gasteiger partial charge in [0.1, 0.15) is 34.3 Å². The van der Waals surface area contributed by atoms with E-state index in [4.69, 9.17) is 33.3 Å². The first-order chi connectivity index (χ1) is 33.0. The summed E-state index contributed by atoms with van der Waals surface area (Å²) in [6.07, 6.45) is 16.8. The molecule has 0 atom stereocenters. The van der Waals surface area contributed by atoms with Gasteiger partial charge >= 0.3 is 42.1 Å². The number of hydrogen-bond donors (Lipinski definition) is 0. The number of hydrogen-bond acceptors (Lipinski definition) is 9. The average Bonchev–Trinajstić information content (AvgIpc) is 4.09. The van der Waals surface area contributed by atoms with Gasteiger partial charge in [0, 0.05) is 34.8 Å². The second kappa shape index (κ2) is 15.5. The summed E-state index contributed by atoms with van der Waals surface area (Å²) in [6.45, 7) is -0.748. The fourth-order valence-corrected chi connectivity index (χ4v) is 9.77. The van der Waals surface area contributed by atoms with Crippen molar-refractivity contribution in [2.45, 2.75) is 0 Å². The van der Waals surface area contributed by atoms with Gasteiger partial charge in [0.2, 0.25) is 26.1 Å². The third-order valence-corrected chi connectivity index (χ3v) is 12.8. The zero-order chi connectivity index (χ0) is 44.1. The molecule has 0 saturated heterocycles. The van der Waals surface area contributed by atoms with Crippen molar-refractivity contribution in [2.24, 2.45) is 14.1 Å². The maximum atomic E-state index is 6.52. The van der Waals surface area contributed by atoms with Gasteiger partial charge in [-0.1, -0.05) is 54.6 Å². The van der Waals surface area contributed by atoms with Gasteiger partial charge in [-0.3, -0.25) is 9.97 Å². The van der Waals surface area contributed by atoms with Crippen molar-refractivity contribution in [3.63, 3.8) is 0 Å². The van der Waals surface area contributed by atoms with Crippen LogP contribution in [0.5, 0.6) is 46.3 Å². The average molecular weight is 1250 g/mol. The second-order valence-corrected chi connectivity index (χ2v) is 16.6. The van der Waals surface area contributed by atoms with Gasteiger partial charge in [-0.25, -0.2) is 12.1 Å². The molecule has 4 aliphatic rings. The van der Waals surface area contributed by atoms with E-state index >= 15 is 0 Å². The van der Waals surface area contributed by atoms with Crippen LogP contribution < -0.4 is 60.9 Å². The van der Waals surface area contributed by atoms with Crippen LogP contribution in [0.25, 0.3) is 56.2 Å². The van der Waals surface area contributed by atoms with Crippen molar-refractivity contribution in [1.29, 1.82) is 0 Å². The minimum absolute atomic E-state index is 0. The number of benzene rings is 4. The van der Waals surface area contributed by atoms with Crippen LogP contribution in [0.15, 0.2) is 114 Å². The van der Waals surface area contributed by atoms with Crippen molar-refractivity contribution in [3.8, 4) is 80.1 Å². The van der Waals surface area contributed by atoms with Gasteiger partial charge < -0.3 is 68.8 Å². The van der Waals surface area contributed by atoms with E-state index in [1.807, 2.05) is 117 Å². The minimum atomic E-state index is -0.378. The zero-order valence-corrected chi connectivity index (χ0v) is 40.3. The van der Waals surface area contributed by atoms with E-state index in [2.05, 4.69) is 59.2 Å². The van der Waals surface area contributed by atoms with Crippen LogP contribution in [0.1, 0.15) is 0 Å². The number of aromatic nitrogens is 8. The smallest absolute Gasteiger partial charge is 0.631 e. The third-order valence-electron chi connectivity index (χ3n) is 12.8. The van der Waals surface area contributed by atoms with E-state index in [0.29, 0.717) is 80.1 Å². The predicted molar refractivity (Wildman–Crippen MR) is 243 cm³/mol. The molecular weight excluding hydrogens is 1230 g/mol. The molecule has 0 spiro atoms. The summed E-state index contributed by atoms with van der Waals surface area (Å²) in [5, 5.41) is 0. The second-order valence-electron chi connectivity index (χ2n) is 16.6. The maximum absolute atomic E-state index is 6.52. The molecule has 0 saturated carbocycles. The first kappa shape index (κ1) is 41.6. The number of imidazole rings is 2. The first-order valence-corrected chi connectivity index (χ1v) is 21.4. The van der Waals surface area contributed by atoms with Crippen molar-refractivity contribution < 1.29 is 74.6 Å². The molecule has 11 heterocycles. The summed E-state index contributed by atoms with van der Waals surface area (Å²) in [5.74, 6) is 5.32. The number of rotatable bonds is 4. The molecule has 0 radical (unpaired) electrons. The number of pyridine rings is 4. The van der Waals surface area contributed by atoms with Crippen molar-refractivity contribution >= 4 is 68.5 Å². The van der Waals surface area contributed by atoms with Crippen LogP contribution in [0.2, 0.25) is 0 Å². The molecule has 0 N–H and O–H groups in total. The minimum Gasteiger partial charge on any atom is -0.631 e. The van der Waals surface area contributed by atoms with Gasteiger partial charge in [0.15, 0.2) is 0 Å². The Kier molecular flexibility index (Phi) is 9.32. The molecule has 11 aromatic rings. The molecular formula is C52H24B2N8O5Pt2+2. The van der Waals surface area contributed by atoms with Crippen LogP contribution >= 0.6 is 0 Å². The molecule has 0 amide bonds. The van der Waals surface area contributed by atoms with Crippen LogP contribution in [-0.2, 0) is 56.2 Å². The van der Waals surface area contributed by atoms with Crippen LogP contribution in [0.3, 0.4) is 0 Å². The van der Waals surface area contributed by atoms with Gasteiger partial charge in [-0.2, -0.15) is 12.1 Å². The normalized spacial score (nSPS) is 13.0. The number of furan rings is 1. The van der Waals surface area contributed by atoms with E-state index < -0.39 is 0 Å². The molecule has 7 aromatic heterocycles. The quantitative estimate of drug-likeness (QED) is 0.148. The molecule has 4 aliphatic heterocycles. The van der Waals surface area contributed by atoms with E-state index in [1.54, 1.807) is 24.8 Å². The first-order valence-electron chi connectivity index (χ1n) is 21.4. The largest absolute Gasteiger partial charge is 4.00 e. The molecule has 0 bridgehead atoms. The summed E-state index contributed by atoms with van der Waals surface area (Å²) in [7, 11) is 3.87. The Morgan fingerprint density at radius 1 is 0.493 bits per heavy atom. The number of nitrogens with zero attached hydrogens (tertiary/aromatic N) is 8. The van der Waals surface area contributed by atoms with E-state index in [1.165, 1.54) is 0 Å². The molecule has 17 heteroatoms. The van der Waals surface area contributed by atoms with Crippen LogP contribution in [0, 0.1) is 49.2 Å². The fraction of sp³-hybridized carbons (Fsp3) is 0.0385. The maximum Gasteiger partial charge on any atom is 4.00 e. The van der Waals surface area contributed by atoms with Crippen molar-refractivity contribution in [3.05, 3.63) is 159 Å². The Bertz CT molecular complexity index is 3710. The summed E-state index contributed by atoms with van der Waals surface area (Å²) in [5.41, 5.74) is 11.4. The predicted octanol–water partition coefficient (Wildman–Crippen LogP) is 3.58. The van der Waals surface area contributed by atoms with E-state index in [-0.39, 0.29) is 55.6 Å². The van der Waals surface area contributed by atoms with E-state index in [9.17, 15) is 0 Å². The Morgan fingerprint density at radius 3 is 1.52 bits per heavy atom. The SMILES string of the molecule is C[n+]1[c-]n(-c2[c-]c3c(nc2)Oc2cccc4c2B3c2[c-]c(-c3[c-]oc(-c5[c-]c6c(cc5)Oc5cccc7c5B6c5[c-]c(-n6[c-][n+](C)c8cccnc86)cnc5O7)[c-]3)ccc2O4)c2ncccc21.[Pt+4].[Pt+4]. The summed E-state index contributed by atoms with van der Waals surface area (Å²) >= 11 is 0. The molecule has 0 aliphatic carbocycles. The molecule has 0 fully saturated rings. The standard InChI is InChI=1S/C52H24B2N8O5.2Pt/c1-59-27-61(49-38(59)7-5-17-55-49)32-22-36-51(57-24-32)66-44-11-3-9-42-47(44)53(36)34-19-29(13-15-40(34)64-42)31-21-46(63-26-31)30-14-16-41-35(20-30)54-37-23-33(62-28-60(2)39-8-6-18-56-50(39)62)25-58-52(37)67-45-12-4-10-43(65-41)48(45)54;;/h3-18,24-25H,1-2H3;;/q-6;2*+4. The van der Waals surface area contributed by atoms with Crippen LogP contribution in [0.4, 0.5) is 0 Å². The molecule has 0 unspecified atom stereocenters. The van der Waals surface area contributed by atoms with Gasteiger partial charge in [0.25, 0.3) is 0 Å². The zero-order valence-electron chi connectivity index (χ0n) is 35.8. The Morgan fingerprint density at radius 2 is 0.986 bits per heavy atom. The fourth-order valence-electron chi connectivity index (χ4n) is 9.77. The summed E-state index contributed by atoms with van der Waals surface area (Å²) in [4.78, 5) is 18.9. The Hall–Kier alpha value is -7.59. The van der Waals surface area contributed by atoms with Gasteiger partial charge in [-0.15, -0.1) is 57.9 Å². The topological polar surface area (TPSA) is 119 Å². The Balaban J connectivity index is 0.00000234. The summed E-state index contributed by atoms with van der Waals surface area (Å²) in [6, 6.07) is 45.1. The number of ether oxygens (including phenoxy) is 4. The van der Waals surface area contributed by atoms with E-state index in [0.717, 1.165) is 55.1 Å². The monoisotopic (exact) mass is 1250 g/mol. The third kappa shape index (κ3) is 6.13. The van der Waals surface area contributed by atoms with Crippen molar-refractivity contribution in [1.82, 2.24) is 29.1 Å². The van der Waals surface area contributed by atoms with Crippen molar-refractivity contribution in [2.75, 3.05) is 0 Å². The molecule has 69 heavy (non-hydrogen) atoms. The van der Waals surface area contributed by atoms with Gasteiger partial charge in [-0.05, 0) is 35.6 Å². The summed E-state index contributed by atoms with van der Waals surface area (Å²) < 4.78 is 39.5. The number of aryl methyl sites for hydroxylation is 2. The van der Waals surface area contributed by atoms with Gasteiger partial charge in [0.05, 0.1) is 36.9 Å².